The maximum absolute atomic E-state index is 6.25. The predicted molar refractivity (Wildman–Crippen MR) is 60.9 cm³/mol. The summed E-state index contributed by atoms with van der Waals surface area (Å²) in [7, 11) is 0. The molecule has 76 valence electrons. The molecule has 1 saturated heterocycles. The molecule has 1 fully saturated rings. The van der Waals surface area contributed by atoms with Crippen molar-refractivity contribution in [1.82, 2.24) is 5.32 Å². The fraction of sp³-hybridized carbons (Fsp3) is 0.500. The quantitative estimate of drug-likeness (QED) is 0.790. The SMILES string of the molecule is Cc1cccc(CC2CCNC2)c1Cl. The molecule has 14 heavy (non-hydrogen) atoms. The van der Waals surface area contributed by atoms with E-state index in [9.17, 15) is 0 Å². The molecule has 0 radical (unpaired) electrons. The zero-order chi connectivity index (χ0) is 9.97. The summed E-state index contributed by atoms with van der Waals surface area (Å²) in [4.78, 5) is 0. The smallest absolute Gasteiger partial charge is 0.0467 e. The standard InChI is InChI=1S/C12H16ClN/c1-9-3-2-4-11(12(9)13)7-10-5-6-14-8-10/h2-4,10,14H,5-8H2,1H3. The summed E-state index contributed by atoms with van der Waals surface area (Å²) in [5, 5.41) is 4.34. The van der Waals surface area contributed by atoms with Gasteiger partial charge in [-0.1, -0.05) is 29.8 Å². The summed E-state index contributed by atoms with van der Waals surface area (Å²) in [5.41, 5.74) is 2.50. The van der Waals surface area contributed by atoms with Crippen LogP contribution in [0.2, 0.25) is 5.02 Å². The Morgan fingerprint density at radius 2 is 2.36 bits per heavy atom. The van der Waals surface area contributed by atoms with Crippen molar-refractivity contribution in [2.24, 2.45) is 5.92 Å². The number of hydrogen-bond donors (Lipinski definition) is 1. The first-order valence-corrected chi connectivity index (χ1v) is 5.60. The molecular weight excluding hydrogens is 194 g/mol. The third-order valence-electron chi connectivity index (χ3n) is 2.94. The normalized spacial score (nSPS) is 21.4. The van der Waals surface area contributed by atoms with E-state index in [0.29, 0.717) is 0 Å². The number of hydrogen-bond acceptors (Lipinski definition) is 1. The van der Waals surface area contributed by atoms with Crippen LogP contribution in [0.15, 0.2) is 18.2 Å². The summed E-state index contributed by atoms with van der Waals surface area (Å²) in [5.74, 6) is 0.772. The highest BCUT2D eigenvalue weighted by Gasteiger charge is 2.16. The summed E-state index contributed by atoms with van der Waals surface area (Å²) in [6.07, 6.45) is 2.40. The van der Waals surface area contributed by atoms with E-state index in [1.165, 1.54) is 17.5 Å². The lowest BCUT2D eigenvalue weighted by molar-refractivity contribution is 0.580. The molecule has 0 aliphatic carbocycles. The monoisotopic (exact) mass is 209 g/mol. The minimum Gasteiger partial charge on any atom is -0.316 e. The van der Waals surface area contributed by atoms with Gasteiger partial charge < -0.3 is 5.32 Å². The van der Waals surface area contributed by atoms with Gasteiger partial charge in [0.25, 0.3) is 0 Å². The molecule has 1 aliphatic rings. The molecular formula is C12H16ClN. The van der Waals surface area contributed by atoms with Crippen molar-refractivity contribution >= 4 is 11.6 Å². The number of benzene rings is 1. The van der Waals surface area contributed by atoms with Crippen molar-refractivity contribution in [3.8, 4) is 0 Å². The van der Waals surface area contributed by atoms with Gasteiger partial charge >= 0.3 is 0 Å². The minimum atomic E-state index is 0.772. The Morgan fingerprint density at radius 3 is 3.07 bits per heavy atom. The molecule has 1 unspecified atom stereocenters. The number of rotatable bonds is 2. The van der Waals surface area contributed by atoms with Crippen LogP contribution in [0.1, 0.15) is 17.5 Å². The summed E-state index contributed by atoms with van der Waals surface area (Å²) < 4.78 is 0. The Hall–Kier alpha value is -0.530. The Bertz CT molecular complexity index is 316. The molecule has 1 nitrogen and oxygen atoms in total. The molecule has 2 rings (SSSR count). The van der Waals surface area contributed by atoms with E-state index in [2.05, 4.69) is 30.4 Å². The van der Waals surface area contributed by atoms with Crippen molar-refractivity contribution in [2.75, 3.05) is 13.1 Å². The first kappa shape index (κ1) is 10.0. The number of aryl methyl sites for hydroxylation is 1. The Morgan fingerprint density at radius 1 is 1.50 bits per heavy atom. The van der Waals surface area contributed by atoms with E-state index < -0.39 is 0 Å². The van der Waals surface area contributed by atoms with Gasteiger partial charge in [0.15, 0.2) is 0 Å². The Balaban J connectivity index is 2.11. The lowest BCUT2D eigenvalue weighted by Gasteiger charge is -2.11. The third-order valence-corrected chi connectivity index (χ3v) is 3.48. The van der Waals surface area contributed by atoms with Gasteiger partial charge in [-0.3, -0.25) is 0 Å². The van der Waals surface area contributed by atoms with Crippen molar-refractivity contribution in [1.29, 1.82) is 0 Å². The van der Waals surface area contributed by atoms with Crippen LogP contribution in [0.3, 0.4) is 0 Å². The zero-order valence-electron chi connectivity index (χ0n) is 8.52. The van der Waals surface area contributed by atoms with Crippen LogP contribution in [0, 0.1) is 12.8 Å². The molecule has 2 heteroatoms. The highest BCUT2D eigenvalue weighted by Crippen LogP contribution is 2.24. The second-order valence-corrected chi connectivity index (χ2v) is 4.49. The molecule has 1 aliphatic heterocycles. The highest BCUT2D eigenvalue weighted by molar-refractivity contribution is 6.32. The van der Waals surface area contributed by atoms with Crippen LogP contribution >= 0.6 is 11.6 Å². The number of halogens is 1. The van der Waals surface area contributed by atoms with E-state index in [1.807, 2.05) is 0 Å². The zero-order valence-corrected chi connectivity index (χ0v) is 9.27. The Labute approximate surface area is 90.5 Å². The molecule has 1 heterocycles. The van der Waals surface area contributed by atoms with Crippen molar-refractivity contribution < 1.29 is 0 Å². The molecule has 0 bridgehead atoms. The van der Waals surface area contributed by atoms with Gasteiger partial charge in [0.05, 0.1) is 0 Å². The van der Waals surface area contributed by atoms with E-state index in [-0.39, 0.29) is 0 Å². The fourth-order valence-electron chi connectivity index (χ4n) is 2.07. The summed E-state index contributed by atoms with van der Waals surface area (Å²) in [6, 6.07) is 6.31. The first-order valence-electron chi connectivity index (χ1n) is 5.22. The van der Waals surface area contributed by atoms with Gasteiger partial charge in [0, 0.05) is 5.02 Å². The van der Waals surface area contributed by atoms with Crippen LogP contribution in [-0.2, 0) is 6.42 Å². The molecule has 0 spiro atoms. The summed E-state index contributed by atoms with van der Waals surface area (Å²) >= 11 is 6.25. The molecule has 1 atom stereocenters. The van der Waals surface area contributed by atoms with Gasteiger partial charge in [-0.05, 0) is 49.9 Å². The molecule has 1 aromatic rings. The van der Waals surface area contributed by atoms with Gasteiger partial charge in [-0.25, -0.2) is 0 Å². The molecule has 0 saturated carbocycles. The highest BCUT2D eigenvalue weighted by atomic mass is 35.5. The number of nitrogens with one attached hydrogen (secondary N) is 1. The largest absolute Gasteiger partial charge is 0.316 e. The van der Waals surface area contributed by atoms with Crippen molar-refractivity contribution in [3.05, 3.63) is 34.3 Å². The molecule has 0 aromatic heterocycles. The van der Waals surface area contributed by atoms with Crippen LogP contribution in [0.25, 0.3) is 0 Å². The molecule has 1 N–H and O–H groups in total. The molecule has 1 aromatic carbocycles. The minimum absolute atomic E-state index is 0.772. The van der Waals surface area contributed by atoms with Crippen LogP contribution in [-0.4, -0.2) is 13.1 Å². The second kappa shape index (κ2) is 4.33. The topological polar surface area (TPSA) is 12.0 Å². The average Bonchev–Trinajstić information content (AvgIpc) is 2.66. The fourth-order valence-corrected chi connectivity index (χ4v) is 2.27. The van der Waals surface area contributed by atoms with E-state index in [4.69, 9.17) is 11.6 Å². The van der Waals surface area contributed by atoms with Crippen LogP contribution in [0.5, 0.6) is 0 Å². The average molecular weight is 210 g/mol. The van der Waals surface area contributed by atoms with Gasteiger partial charge in [0.1, 0.15) is 0 Å². The second-order valence-electron chi connectivity index (χ2n) is 4.11. The third kappa shape index (κ3) is 2.10. The van der Waals surface area contributed by atoms with Gasteiger partial charge in [-0.2, -0.15) is 0 Å². The molecule has 0 amide bonds. The van der Waals surface area contributed by atoms with Crippen LogP contribution < -0.4 is 5.32 Å². The summed E-state index contributed by atoms with van der Waals surface area (Å²) in [6.45, 7) is 4.37. The Kier molecular flexibility index (Phi) is 3.09. The maximum Gasteiger partial charge on any atom is 0.0467 e. The van der Waals surface area contributed by atoms with Crippen LogP contribution in [0.4, 0.5) is 0 Å². The maximum atomic E-state index is 6.25. The van der Waals surface area contributed by atoms with Crippen molar-refractivity contribution in [2.45, 2.75) is 19.8 Å². The lowest BCUT2D eigenvalue weighted by Crippen LogP contribution is -2.11. The lowest BCUT2D eigenvalue weighted by atomic mass is 9.97. The van der Waals surface area contributed by atoms with Crippen molar-refractivity contribution in [3.63, 3.8) is 0 Å². The predicted octanol–water partition coefficient (Wildman–Crippen LogP) is 2.80. The van der Waals surface area contributed by atoms with E-state index >= 15 is 0 Å². The van der Waals surface area contributed by atoms with E-state index in [1.54, 1.807) is 0 Å². The van der Waals surface area contributed by atoms with Gasteiger partial charge in [-0.15, -0.1) is 0 Å². The van der Waals surface area contributed by atoms with Gasteiger partial charge in [0.2, 0.25) is 0 Å². The van der Waals surface area contributed by atoms with E-state index in [0.717, 1.165) is 30.5 Å². The first-order chi connectivity index (χ1) is 6.77.